The Morgan fingerprint density at radius 2 is 1.91 bits per heavy atom. The molecule has 0 bridgehead atoms. The first-order valence-corrected chi connectivity index (χ1v) is 8.21. The molecule has 0 heterocycles. The summed E-state index contributed by atoms with van der Waals surface area (Å²) in [5.74, 6) is 0. The highest BCUT2D eigenvalue weighted by Crippen LogP contribution is 2.19. The van der Waals surface area contributed by atoms with Crippen LogP contribution in [0.15, 0.2) is 48.5 Å². The molecule has 2 rings (SSSR count). The van der Waals surface area contributed by atoms with Gasteiger partial charge in [-0.05, 0) is 62.2 Å². The molecule has 22 heavy (non-hydrogen) atoms. The monoisotopic (exact) mass is 332 g/mol. The van der Waals surface area contributed by atoms with Crippen molar-refractivity contribution in [2.24, 2.45) is 0 Å². The summed E-state index contributed by atoms with van der Waals surface area (Å²) in [5, 5.41) is 7.85. The molecule has 2 aromatic rings. The van der Waals surface area contributed by atoms with Gasteiger partial charge in [0.2, 0.25) is 0 Å². The van der Waals surface area contributed by atoms with Crippen LogP contribution in [0.4, 0.5) is 5.69 Å². The summed E-state index contributed by atoms with van der Waals surface area (Å²) in [4.78, 5) is 0. The van der Waals surface area contributed by atoms with Crippen LogP contribution in [0.3, 0.4) is 0 Å². The van der Waals surface area contributed by atoms with E-state index in [4.69, 9.17) is 23.8 Å². The first-order valence-electron chi connectivity index (χ1n) is 7.42. The molecule has 0 radical (unpaired) electrons. The van der Waals surface area contributed by atoms with Crippen molar-refractivity contribution in [3.63, 3.8) is 0 Å². The van der Waals surface area contributed by atoms with Gasteiger partial charge in [-0.25, -0.2) is 0 Å². The number of thiocarbonyl (C=S) groups is 1. The van der Waals surface area contributed by atoms with Crippen molar-refractivity contribution in [1.82, 2.24) is 5.32 Å². The third kappa shape index (κ3) is 5.32. The minimum atomic E-state index is 0.307. The zero-order valence-electron chi connectivity index (χ0n) is 12.9. The first-order chi connectivity index (χ1) is 10.5. The number of hydrogen-bond acceptors (Lipinski definition) is 1. The molecule has 4 heteroatoms. The van der Waals surface area contributed by atoms with E-state index >= 15 is 0 Å². The summed E-state index contributed by atoms with van der Waals surface area (Å²) in [5.41, 5.74) is 3.31. The SMILES string of the molecule is Cc1ccc(NC(=S)N[C@@H](C)CCc2ccccc2)cc1Cl. The van der Waals surface area contributed by atoms with Crippen LogP contribution in [-0.2, 0) is 6.42 Å². The minimum Gasteiger partial charge on any atom is -0.360 e. The molecular formula is C18H21ClN2S. The fourth-order valence-electron chi connectivity index (χ4n) is 2.16. The summed E-state index contributed by atoms with van der Waals surface area (Å²) < 4.78 is 0. The Bertz CT molecular complexity index is 628. The van der Waals surface area contributed by atoms with E-state index in [1.807, 2.05) is 31.2 Å². The fraction of sp³-hybridized carbons (Fsp3) is 0.278. The minimum absolute atomic E-state index is 0.307. The highest BCUT2D eigenvalue weighted by Gasteiger charge is 2.06. The zero-order valence-corrected chi connectivity index (χ0v) is 14.5. The first kappa shape index (κ1) is 16.8. The van der Waals surface area contributed by atoms with Gasteiger partial charge in [-0.1, -0.05) is 48.0 Å². The van der Waals surface area contributed by atoms with Gasteiger partial charge in [-0.2, -0.15) is 0 Å². The Balaban J connectivity index is 1.79. The van der Waals surface area contributed by atoms with Crippen molar-refractivity contribution in [2.75, 3.05) is 5.32 Å². The maximum atomic E-state index is 6.12. The number of benzene rings is 2. The van der Waals surface area contributed by atoms with Crippen LogP contribution in [0.5, 0.6) is 0 Å². The molecule has 2 nitrogen and oxygen atoms in total. The van der Waals surface area contributed by atoms with Gasteiger partial charge in [0.05, 0.1) is 0 Å². The highest BCUT2D eigenvalue weighted by atomic mass is 35.5. The molecule has 1 atom stereocenters. The lowest BCUT2D eigenvalue weighted by atomic mass is 10.1. The van der Waals surface area contributed by atoms with Crippen molar-refractivity contribution in [3.05, 3.63) is 64.7 Å². The lowest BCUT2D eigenvalue weighted by Crippen LogP contribution is -2.36. The molecule has 0 aromatic heterocycles. The van der Waals surface area contributed by atoms with E-state index in [0.29, 0.717) is 11.2 Å². The Kier molecular flexibility index (Phi) is 6.22. The Hall–Kier alpha value is -1.58. The number of anilines is 1. The van der Waals surface area contributed by atoms with Crippen molar-refractivity contribution in [1.29, 1.82) is 0 Å². The van der Waals surface area contributed by atoms with Crippen LogP contribution in [-0.4, -0.2) is 11.2 Å². The predicted octanol–water partition coefficient (Wildman–Crippen LogP) is 4.96. The molecule has 0 unspecified atom stereocenters. The Labute approximate surface area is 142 Å². The summed E-state index contributed by atoms with van der Waals surface area (Å²) in [6.45, 7) is 4.12. The zero-order chi connectivity index (χ0) is 15.9. The van der Waals surface area contributed by atoms with Gasteiger partial charge in [0.25, 0.3) is 0 Å². The smallest absolute Gasteiger partial charge is 0.170 e. The van der Waals surface area contributed by atoms with Gasteiger partial charge in [-0.15, -0.1) is 0 Å². The van der Waals surface area contributed by atoms with Gasteiger partial charge in [0, 0.05) is 16.8 Å². The number of aryl methyl sites for hydroxylation is 2. The normalized spacial score (nSPS) is 11.8. The topological polar surface area (TPSA) is 24.1 Å². The van der Waals surface area contributed by atoms with E-state index in [-0.39, 0.29) is 0 Å². The molecule has 0 aliphatic rings. The van der Waals surface area contributed by atoms with Crippen molar-refractivity contribution < 1.29 is 0 Å². The largest absolute Gasteiger partial charge is 0.360 e. The van der Waals surface area contributed by atoms with E-state index in [1.54, 1.807) is 0 Å². The Morgan fingerprint density at radius 3 is 2.59 bits per heavy atom. The predicted molar refractivity (Wildman–Crippen MR) is 99.8 cm³/mol. The lowest BCUT2D eigenvalue weighted by molar-refractivity contribution is 0.609. The van der Waals surface area contributed by atoms with Crippen molar-refractivity contribution >= 4 is 34.6 Å². The van der Waals surface area contributed by atoms with Gasteiger partial charge in [-0.3, -0.25) is 0 Å². The second-order valence-corrected chi connectivity index (χ2v) is 6.30. The molecule has 0 amide bonds. The molecule has 0 aliphatic carbocycles. The fourth-order valence-corrected chi connectivity index (χ4v) is 2.66. The second kappa shape index (κ2) is 8.16. The maximum Gasteiger partial charge on any atom is 0.170 e. The van der Waals surface area contributed by atoms with Crippen molar-refractivity contribution in [2.45, 2.75) is 32.7 Å². The summed E-state index contributed by atoms with van der Waals surface area (Å²) in [6, 6.07) is 16.6. The molecule has 116 valence electrons. The van der Waals surface area contributed by atoms with E-state index in [0.717, 1.165) is 29.1 Å². The average molecular weight is 333 g/mol. The summed E-state index contributed by atoms with van der Waals surface area (Å²) in [7, 11) is 0. The van der Waals surface area contributed by atoms with Gasteiger partial charge < -0.3 is 10.6 Å². The molecule has 0 aliphatic heterocycles. The lowest BCUT2D eigenvalue weighted by Gasteiger charge is -2.17. The summed E-state index contributed by atoms with van der Waals surface area (Å²) in [6.07, 6.45) is 2.06. The third-order valence-corrected chi connectivity index (χ3v) is 4.14. The molecular weight excluding hydrogens is 312 g/mol. The van der Waals surface area contributed by atoms with Gasteiger partial charge >= 0.3 is 0 Å². The standard InChI is InChI=1S/C18H21ClN2S/c1-13-8-11-16(12-17(13)19)21-18(22)20-14(2)9-10-15-6-4-3-5-7-15/h3-8,11-12,14H,9-10H2,1-2H3,(H2,20,21,22)/t14-/m0/s1. The number of rotatable bonds is 5. The van der Waals surface area contributed by atoms with Crippen LogP contribution < -0.4 is 10.6 Å². The quantitative estimate of drug-likeness (QED) is 0.757. The van der Waals surface area contributed by atoms with Crippen LogP contribution in [0.1, 0.15) is 24.5 Å². The van der Waals surface area contributed by atoms with Crippen molar-refractivity contribution in [3.8, 4) is 0 Å². The molecule has 0 spiro atoms. The molecule has 0 saturated heterocycles. The second-order valence-electron chi connectivity index (χ2n) is 5.49. The number of hydrogen-bond donors (Lipinski definition) is 2. The number of nitrogens with one attached hydrogen (secondary N) is 2. The number of halogens is 1. The van der Waals surface area contributed by atoms with Gasteiger partial charge in [0.1, 0.15) is 0 Å². The third-order valence-electron chi connectivity index (χ3n) is 3.52. The van der Waals surface area contributed by atoms with E-state index in [9.17, 15) is 0 Å². The molecule has 2 aromatic carbocycles. The maximum absolute atomic E-state index is 6.12. The van der Waals surface area contributed by atoms with E-state index in [2.05, 4.69) is 41.8 Å². The van der Waals surface area contributed by atoms with Crippen LogP contribution in [0, 0.1) is 6.92 Å². The molecule has 0 saturated carbocycles. The van der Waals surface area contributed by atoms with Gasteiger partial charge in [0.15, 0.2) is 5.11 Å². The van der Waals surface area contributed by atoms with E-state index in [1.165, 1.54) is 5.56 Å². The van der Waals surface area contributed by atoms with Crippen LogP contribution >= 0.6 is 23.8 Å². The average Bonchev–Trinajstić information content (AvgIpc) is 2.50. The van der Waals surface area contributed by atoms with E-state index < -0.39 is 0 Å². The molecule has 0 fully saturated rings. The molecule has 2 N–H and O–H groups in total. The summed E-state index contributed by atoms with van der Waals surface area (Å²) >= 11 is 11.5. The highest BCUT2D eigenvalue weighted by molar-refractivity contribution is 7.80. The van der Waals surface area contributed by atoms with Crippen LogP contribution in [0.2, 0.25) is 5.02 Å². The van der Waals surface area contributed by atoms with Crippen LogP contribution in [0.25, 0.3) is 0 Å². The Morgan fingerprint density at radius 1 is 1.18 bits per heavy atom.